The summed E-state index contributed by atoms with van der Waals surface area (Å²) in [5.41, 5.74) is -0.398. The quantitative estimate of drug-likeness (QED) is 0.701. The molecule has 1 aliphatic heterocycles. The lowest BCUT2D eigenvalue weighted by molar-refractivity contribution is -0.128. The standard InChI is InChI=1S/C16H31N3O2/c1-16(2,3)15(21)18-10-8-14(20)17-9-7-13-19-11-5-4-6-12-19/h4-13H2,1-3H3,(H,17,20)(H,18,21). The molecule has 2 amide bonds. The third-order valence-corrected chi connectivity index (χ3v) is 3.74. The number of rotatable bonds is 7. The summed E-state index contributed by atoms with van der Waals surface area (Å²) in [5.74, 6) is 0.00301. The van der Waals surface area contributed by atoms with Gasteiger partial charge < -0.3 is 15.5 Å². The lowest BCUT2D eigenvalue weighted by Crippen LogP contribution is -2.37. The van der Waals surface area contributed by atoms with Crippen molar-refractivity contribution in [2.75, 3.05) is 32.7 Å². The number of hydrogen-bond donors (Lipinski definition) is 2. The molecule has 122 valence electrons. The largest absolute Gasteiger partial charge is 0.356 e. The van der Waals surface area contributed by atoms with Crippen molar-refractivity contribution in [1.29, 1.82) is 0 Å². The minimum Gasteiger partial charge on any atom is -0.356 e. The monoisotopic (exact) mass is 297 g/mol. The van der Waals surface area contributed by atoms with Gasteiger partial charge in [0, 0.05) is 24.9 Å². The average molecular weight is 297 g/mol. The van der Waals surface area contributed by atoms with Crippen LogP contribution in [0.3, 0.4) is 0 Å². The Bertz CT molecular complexity index is 331. The molecule has 5 nitrogen and oxygen atoms in total. The molecule has 0 atom stereocenters. The van der Waals surface area contributed by atoms with E-state index >= 15 is 0 Å². The van der Waals surface area contributed by atoms with Gasteiger partial charge in [0.25, 0.3) is 0 Å². The molecular formula is C16H31N3O2. The van der Waals surface area contributed by atoms with Crippen LogP contribution in [0, 0.1) is 5.41 Å². The lowest BCUT2D eigenvalue weighted by atomic mass is 9.96. The fourth-order valence-electron chi connectivity index (χ4n) is 2.36. The second kappa shape index (κ2) is 9.03. The van der Waals surface area contributed by atoms with E-state index in [1.54, 1.807) is 0 Å². The van der Waals surface area contributed by atoms with E-state index in [0.29, 0.717) is 13.0 Å². The first-order valence-corrected chi connectivity index (χ1v) is 8.17. The van der Waals surface area contributed by atoms with Gasteiger partial charge in [0.1, 0.15) is 0 Å². The number of likely N-dealkylation sites (tertiary alicyclic amines) is 1. The molecule has 1 heterocycles. The van der Waals surface area contributed by atoms with Crippen LogP contribution in [0.5, 0.6) is 0 Å². The Balaban J connectivity index is 2.00. The number of piperidine rings is 1. The third kappa shape index (κ3) is 8.05. The third-order valence-electron chi connectivity index (χ3n) is 3.74. The van der Waals surface area contributed by atoms with Crippen LogP contribution in [0.4, 0.5) is 0 Å². The maximum atomic E-state index is 11.6. The molecule has 1 saturated heterocycles. The number of carbonyl (C=O) groups excluding carboxylic acids is 2. The molecule has 0 bridgehead atoms. The number of carbonyl (C=O) groups is 2. The van der Waals surface area contributed by atoms with E-state index < -0.39 is 5.41 Å². The van der Waals surface area contributed by atoms with Crippen molar-refractivity contribution in [3.8, 4) is 0 Å². The number of nitrogens with zero attached hydrogens (tertiary/aromatic N) is 1. The summed E-state index contributed by atoms with van der Waals surface area (Å²) < 4.78 is 0. The van der Waals surface area contributed by atoms with Gasteiger partial charge in [-0.05, 0) is 38.9 Å². The summed E-state index contributed by atoms with van der Waals surface area (Å²) in [6, 6.07) is 0. The van der Waals surface area contributed by atoms with Gasteiger partial charge in [-0.2, -0.15) is 0 Å². The highest BCUT2D eigenvalue weighted by molar-refractivity contribution is 5.82. The number of nitrogens with one attached hydrogen (secondary N) is 2. The molecule has 1 fully saturated rings. The lowest BCUT2D eigenvalue weighted by Gasteiger charge is -2.26. The van der Waals surface area contributed by atoms with Crippen LogP contribution in [-0.4, -0.2) is 49.4 Å². The molecule has 0 aliphatic carbocycles. The van der Waals surface area contributed by atoms with Crippen molar-refractivity contribution in [2.45, 2.75) is 52.9 Å². The fraction of sp³-hybridized carbons (Fsp3) is 0.875. The number of amides is 2. The Morgan fingerprint density at radius 1 is 1.00 bits per heavy atom. The van der Waals surface area contributed by atoms with Gasteiger partial charge in [0.05, 0.1) is 0 Å². The molecular weight excluding hydrogens is 266 g/mol. The Kier molecular flexibility index (Phi) is 7.72. The Morgan fingerprint density at radius 3 is 2.29 bits per heavy atom. The summed E-state index contributed by atoms with van der Waals surface area (Å²) in [5, 5.41) is 5.71. The second-order valence-corrected chi connectivity index (χ2v) is 6.86. The van der Waals surface area contributed by atoms with Crippen LogP contribution in [0.2, 0.25) is 0 Å². The van der Waals surface area contributed by atoms with E-state index in [-0.39, 0.29) is 11.8 Å². The van der Waals surface area contributed by atoms with Crippen LogP contribution in [0.1, 0.15) is 52.9 Å². The van der Waals surface area contributed by atoms with Gasteiger partial charge >= 0.3 is 0 Å². The molecule has 5 heteroatoms. The first-order chi connectivity index (χ1) is 9.89. The van der Waals surface area contributed by atoms with Crippen LogP contribution >= 0.6 is 0 Å². The van der Waals surface area contributed by atoms with Crippen molar-refractivity contribution >= 4 is 11.8 Å². The molecule has 0 spiro atoms. The molecule has 0 radical (unpaired) electrons. The van der Waals surface area contributed by atoms with Gasteiger partial charge in [-0.1, -0.05) is 27.2 Å². The fourth-order valence-corrected chi connectivity index (χ4v) is 2.36. The predicted octanol–water partition coefficient (Wildman–Crippen LogP) is 1.53. The number of hydrogen-bond acceptors (Lipinski definition) is 3. The minimum absolute atomic E-state index is 0.0135. The maximum absolute atomic E-state index is 11.6. The highest BCUT2D eigenvalue weighted by atomic mass is 16.2. The highest BCUT2D eigenvalue weighted by Crippen LogP contribution is 2.12. The van der Waals surface area contributed by atoms with Crippen molar-refractivity contribution in [3.63, 3.8) is 0 Å². The zero-order valence-corrected chi connectivity index (χ0v) is 13.8. The van der Waals surface area contributed by atoms with Gasteiger partial charge in [-0.25, -0.2) is 0 Å². The summed E-state index contributed by atoms with van der Waals surface area (Å²) in [6.45, 7) is 10.2. The van der Waals surface area contributed by atoms with Gasteiger partial charge in [-0.3, -0.25) is 9.59 Å². The van der Waals surface area contributed by atoms with Crippen molar-refractivity contribution in [2.24, 2.45) is 5.41 Å². The summed E-state index contributed by atoms with van der Waals surface area (Å²) in [4.78, 5) is 25.8. The van der Waals surface area contributed by atoms with Crippen LogP contribution in [0.25, 0.3) is 0 Å². The predicted molar refractivity (Wildman–Crippen MR) is 85.0 cm³/mol. The molecule has 0 aromatic heterocycles. The molecule has 0 aromatic rings. The van der Waals surface area contributed by atoms with E-state index in [1.807, 2.05) is 20.8 Å². The van der Waals surface area contributed by atoms with E-state index in [0.717, 1.165) is 19.5 Å². The average Bonchev–Trinajstić information content (AvgIpc) is 2.43. The molecule has 0 aromatic carbocycles. The molecule has 2 N–H and O–H groups in total. The first-order valence-electron chi connectivity index (χ1n) is 8.17. The normalized spacial score (nSPS) is 16.5. The summed E-state index contributed by atoms with van der Waals surface area (Å²) >= 11 is 0. The highest BCUT2D eigenvalue weighted by Gasteiger charge is 2.20. The van der Waals surface area contributed by atoms with Crippen LogP contribution < -0.4 is 10.6 Å². The van der Waals surface area contributed by atoms with Crippen molar-refractivity contribution < 1.29 is 9.59 Å². The van der Waals surface area contributed by atoms with E-state index in [1.165, 1.54) is 32.4 Å². The zero-order chi connectivity index (χ0) is 15.7. The van der Waals surface area contributed by atoms with E-state index in [2.05, 4.69) is 15.5 Å². The van der Waals surface area contributed by atoms with Gasteiger partial charge in [0.2, 0.25) is 11.8 Å². The molecule has 0 unspecified atom stereocenters. The van der Waals surface area contributed by atoms with Crippen molar-refractivity contribution in [1.82, 2.24) is 15.5 Å². The van der Waals surface area contributed by atoms with E-state index in [4.69, 9.17) is 0 Å². The Hall–Kier alpha value is -1.10. The zero-order valence-electron chi connectivity index (χ0n) is 13.8. The SMILES string of the molecule is CC(C)(C)C(=O)NCCC(=O)NCCCN1CCCCC1. The van der Waals surface area contributed by atoms with Crippen LogP contribution in [0.15, 0.2) is 0 Å². The molecule has 1 rings (SSSR count). The van der Waals surface area contributed by atoms with Gasteiger partial charge in [-0.15, -0.1) is 0 Å². The van der Waals surface area contributed by atoms with Crippen molar-refractivity contribution in [3.05, 3.63) is 0 Å². The first kappa shape index (κ1) is 18.0. The second-order valence-electron chi connectivity index (χ2n) is 6.86. The Labute approximate surface area is 128 Å². The molecule has 1 aliphatic rings. The topological polar surface area (TPSA) is 61.4 Å². The molecule has 0 saturated carbocycles. The maximum Gasteiger partial charge on any atom is 0.225 e. The Morgan fingerprint density at radius 2 is 1.67 bits per heavy atom. The van der Waals surface area contributed by atoms with Gasteiger partial charge in [0.15, 0.2) is 0 Å². The summed E-state index contributed by atoms with van der Waals surface area (Å²) in [7, 11) is 0. The van der Waals surface area contributed by atoms with Crippen LogP contribution in [-0.2, 0) is 9.59 Å². The molecule has 21 heavy (non-hydrogen) atoms. The smallest absolute Gasteiger partial charge is 0.225 e. The van der Waals surface area contributed by atoms with E-state index in [9.17, 15) is 9.59 Å². The summed E-state index contributed by atoms with van der Waals surface area (Å²) in [6.07, 6.45) is 5.32. The minimum atomic E-state index is -0.398.